The minimum atomic E-state index is -1.12. The predicted octanol–water partition coefficient (Wildman–Crippen LogP) is 3.68. The highest BCUT2D eigenvalue weighted by Crippen LogP contribution is 2.44. The van der Waals surface area contributed by atoms with Crippen LogP contribution in [0.5, 0.6) is 0 Å². The van der Waals surface area contributed by atoms with Gasteiger partial charge in [-0.25, -0.2) is 9.59 Å². The molecule has 158 valence electrons. The number of carbonyl (C=O) groups excluding carboxylic acids is 1. The lowest BCUT2D eigenvalue weighted by molar-refractivity contribution is -0.139. The van der Waals surface area contributed by atoms with E-state index in [1.165, 1.54) is 0 Å². The topological polar surface area (TPSA) is 102 Å². The van der Waals surface area contributed by atoms with Crippen LogP contribution in [0.4, 0.5) is 4.79 Å². The third kappa shape index (κ3) is 4.29. The molecule has 0 radical (unpaired) electrons. The van der Waals surface area contributed by atoms with Crippen LogP contribution in [-0.2, 0) is 22.5 Å². The molecule has 0 spiro atoms. The lowest BCUT2D eigenvalue weighted by Crippen LogP contribution is -2.43. The van der Waals surface area contributed by atoms with Crippen LogP contribution in [0.2, 0.25) is 0 Å². The molecule has 4 N–H and O–H groups in total. The molecule has 1 aliphatic carbocycles. The number of hydrogen-bond donors (Lipinski definition) is 3. The fourth-order valence-electron chi connectivity index (χ4n) is 4.16. The summed E-state index contributed by atoms with van der Waals surface area (Å²) < 4.78 is 5.48. The van der Waals surface area contributed by atoms with Gasteiger partial charge in [0.15, 0.2) is 0 Å². The van der Waals surface area contributed by atoms with Crippen molar-refractivity contribution in [3.05, 3.63) is 95.1 Å². The number of carbonyl (C=O) groups is 2. The van der Waals surface area contributed by atoms with Crippen molar-refractivity contribution in [2.24, 2.45) is 5.73 Å². The van der Waals surface area contributed by atoms with E-state index in [4.69, 9.17) is 10.5 Å². The fraction of sp³-hybridized carbons (Fsp3) is 0.200. The van der Waals surface area contributed by atoms with Crippen LogP contribution >= 0.6 is 0 Å². The highest BCUT2D eigenvalue weighted by molar-refractivity contribution is 5.81. The van der Waals surface area contributed by atoms with Gasteiger partial charge in [0.25, 0.3) is 0 Å². The van der Waals surface area contributed by atoms with Gasteiger partial charge in [-0.1, -0.05) is 72.8 Å². The molecule has 0 bridgehead atoms. The largest absolute Gasteiger partial charge is 0.480 e. The molecule has 0 aliphatic heterocycles. The van der Waals surface area contributed by atoms with Gasteiger partial charge in [-0.3, -0.25) is 0 Å². The van der Waals surface area contributed by atoms with E-state index >= 15 is 0 Å². The second kappa shape index (κ2) is 9.02. The number of carboxylic acids is 1. The molecular weight excluding hydrogens is 392 g/mol. The minimum Gasteiger partial charge on any atom is -0.480 e. The third-order valence-corrected chi connectivity index (χ3v) is 5.70. The number of fused-ring (bicyclic) bond motifs is 3. The first-order valence-corrected chi connectivity index (χ1v) is 10.2. The summed E-state index contributed by atoms with van der Waals surface area (Å²) in [6.07, 6.45) is -0.619. The average Bonchev–Trinajstić information content (AvgIpc) is 3.11. The monoisotopic (exact) mass is 416 g/mol. The maximum Gasteiger partial charge on any atom is 0.407 e. The molecule has 1 atom stereocenters. The summed E-state index contributed by atoms with van der Waals surface area (Å²) in [5.74, 6) is -1.21. The van der Waals surface area contributed by atoms with E-state index in [1.54, 1.807) is 0 Å². The summed E-state index contributed by atoms with van der Waals surface area (Å²) >= 11 is 0. The number of ether oxygens (including phenoxy) is 1. The smallest absolute Gasteiger partial charge is 0.407 e. The highest BCUT2D eigenvalue weighted by Gasteiger charge is 2.29. The lowest BCUT2D eigenvalue weighted by atomic mass is 9.98. The molecule has 6 nitrogen and oxygen atoms in total. The first-order valence-electron chi connectivity index (χ1n) is 10.2. The van der Waals surface area contributed by atoms with E-state index in [9.17, 15) is 14.7 Å². The van der Waals surface area contributed by atoms with Crippen molar-refractivity contribution in [3.63, 3.8) is 0 Å². The van der Waals surface area contributed by atoms with Gasteiger partial charge in [-0.15, -0.1) is 0 Å². The van der Waals surface area contributed by atoms with Crippen LogP contribution in [0.3, 0.4) is 0 Å². The molecule has 0 aromatic heterocycles. The van der Waals surface area contributed by atoms with E-state index < -0.39 is 18.1 Å². The van der Waals surface area contributed by atoms with Crippen molar-refractivity contribution in [2.75, 3.05) is 6.61 Å². The van der Waals surface area contributed by atoms with Crippen molar-refractivity contribution < 1.29 is 19.4 Å². The van der Waals surface area contributed by atoms with E-state index in [1.807, 2.05) is 60.7 Å². The molecular formula is C25H24N2O4. The van der Waals surface area contributed by atoms with Crippen LogP contribution in [0.15, 0.2) is 72.8 Å². The molecule has 0 saturated carbocycles. The van der Waals surface area contributed by atoms with E-state index in [2.05, 4.69) is 17.4 Å². The van der Waals surface area contributed by atoms with Gasteiger partial charge in [0.2, 0.25) is 0 Å². The predicted molar refractivity (Wildman–Crippen MR) is 118 cm³/mol. The van der Waals surface area contributed by atoms with Crippen molar-refractivity contribution in [1.29, 1.82) is 0 Å². The van der Waals surface area contributed by atoms with Gasteiger partial charge in [-0.2, -0.15) is 0 Å². The molecule has 0 heterocycles. The number of nitrogens with one attached hydrogen (secondary N) is 1. The molecule has 0 unspecified atom stereocenters. The minimum absolute atomic E-state index is 0.0839. The Morgan fingerprint density at radius 2 is 1.45 bits per heavy atom. The molecule has 3 aromatic carbocycles. The number of rotatable bonds is 7. The number of hydrogen-bond acceptors (Lipinski definition) is 4. The Hall–Kier alpha value is -3.64. The van der Waals surface area contributed by atoms with Crippen LogP contribution in [0, 0.1) is 0 Å². The number of nitrogens with two attached hydrogens (primary N) is 1. The Morgan fingerprint density at radius 3 is 2.03 bits per heavy atom. The van der Waals surface area contributed by atoms with Crippen LogP contribution in [-0.4, -0.2) is 29.8 Å². The first kappa shape index (κ1) is 20.6. The maximum absolute atomic E-state index is 12.5. The van der Waals surface area contributed by atoms with Crippen LogP contribution in [0.25, 0.3) is 11.1 Å². The molecule has 1 aliphatic rings. The second-order valence-electron chi connectivity index (χ2n) is 7.54. The third-order valence-electron chi connectivity index (χ3n) is 5.70. The van der Waals surface area contributed by atoms with Gasteiger partial charge >= 0.3 is 12.1 Å². The maximum atomic E-state index is 12.5. The number of benzene rings is 3. The fourth-order valence-corrected chi connectivity index (χ4v) is 4.16. The highest BCUT2D eigenvalue weighted by atomic mass is 16.5. The second-order valence-corrected chi connectivity index (χ2v) is 7.54. The summed E-state index contributed by atoms with van der Waals surface area (Å²) in [6.45, 7) is 0.430. The molecule has 1 amide bonds. The molecule has 4 rings (SSSR count). The van der Waals surface area contributed by atoms with Crippen molar-refractivity contribution in [2.45, 2.75) is 24.9 Å². The molecule has 0 saturated heterocycles. The molecule has 0 fully saturated rings. The number of alkyl carbamates (subject to hydrolysis) is 1. The summed E-state index contributed by atoms with van der Waals surface area (Å²) in [4.78, 5) is 24.2. The van der Waals surface area contributed by atoms with Crippen LogP contribution in [0.1, 0.15) is 28.2 Å². The normalized spacial score (nSPS) is 13.2. The SMILES string of the molecule is NCc1ccccc1C[C@@H](NC(=O)OCC1c2ccccc2-c2ccccc21)C(=O)O. The Morgan fingerprint density at radius 1 is 0.903 bits per heavy atom. The van der Waals surface area contributed by atoms with E-state index in [0.29, 0.717) is 6.54 Å². The Labute approximate surface area is 180 Å². The average molecular weight is 416 g/mol. The zero-order chi connectivity index (χ0) is 21.8. The summed E-state index contributed by atoms with van der Waals surface area (Å²) in [5, 5.41) is 12.1. The molecule has 3 aromatic rings. The van der Waals surface area contributed by atoms with E-state index in [-0.39, 0.29) is 18.9 Å². The molecule has 31 heavy (non-hydrogen) atoms. The first-order chi connectivity index (χ1) is 15.1. The number of carboxylic acid groups (broad SMARTS) is 1. The summed E-state index contributed by atoms with van der Waals surface area (Å²) in [6, 6.07) is 22.3. The number of amides is 1. The quantitative estimate of drug-likeness (QED) is 0.545. The van der Waals surface area contributed by atoms with Crippen LogP contribution < -0.4 is 11.1 Å². The van der Waals surface area contributed by atoms with Gasteiger partial charge in [0.1, 0.15) is 12.6 Å². The Balaban J connectivity index is 1.44. The Kier molecular flexibility index (Phi) is 6.00. The van der Waals surface area contributed by atoms with Gasteiger partial charge in [0, 0.05) is 18.9 Å². The summed E-state index contributed by atoms with van der Waals surface area (Å²) in [7, 11) is 0. The summed E-state index contributed by atoms with van der Waals surface area (Å²) in [5.41, 5.74) is 11.8. The van der Waals surface area contributed by atoms with Gasteiger partial charge in [-0.05, 0) is 33.4 Å². The van der Waals surface area contributed by atoms with Crippen molar-refractivity contribution in [3.8, 4) is 11.1 Å². The van der Waals surface area contributed by atoms with Crippen molar-refractivity contribution in [1.82, 2.24) is 5.32 Å². The zero-order valence-electron chi connectivity index (χ0n) is 17.0. The van der Waals surface area contributed by atoms with Gasteiger partial charge < -0.3 is 20.9 Å². The van der Waals surface area contributed by atoms with Crippen molar-refractivity contribution >= 4 is 12.1 Å². The van der Waals surface area contributed by atoms with Gasteiger partial charge in [0.05, 0.1) is 0 Å². The molecule has 6 heteroatoms. The Bertz CT molecular complexity index is 1070. The lowest BCUT2D eigenvalue weighted by Gasteiger charge is -2.18. The van der Waals surface area contributed by atoms with E-state index in [0.717, 1.165) is 33.4 Å². The standard InChI is InChI=1S/C25H24N2O4/c26-14-17-8-2-1-7-16(17)13-23(24(28)29)27-25(30)31-15-22-20-11-5-3-9-18(20)19-10-4-6-12-21(19)22/h1-12,22-23H,13-15,26H2,(H,27,30)(H,28,29)/t23-/m1/s1. The zero-order valence-corrected chi connectivity index (χ0v) is 17.0. The number of aliphatic carboxylic acids is 1.